The second-order valence-electron chi connectivity index (χ2n) is 8.77. The molecule has 1 aliphatic carbocycles. The quantitative estimate of drug-likeness (QED) is 0.537. The Morgan fingerprint density at radius 3 is 2.51 bits per heavy atom. The lowest BCUT2D eigenvalue weighted by Gasteiger charge is -2.28. The molecule has 2 heterocycles. The minimum Gasteiger partial charge on any atom is -0.390 e. The van der Waals surface area contributed by atoms with E-state index in [4.69, 9.17) is 0 Å². The average Bonchev–Trinajstić information content (AvgIpc) is 3.30. The van der Waals surface area contributed by atoms with Gasteiger partial charge in [-0.2, -0.15) is 18.3 Å². The first-order valence-corrected chi connectivity index (χ1v) is 10.8. The van der Waals surface area contributed by atoms with Gasteiger partial charge in [0.1, 0.15) is 23.5 Å². The zero-order chi connectivity index (χ0) is 25.2. The third kappa shape index (κ3) is 3.87. The van der Waals surface area contributed by atoms with E-state index in [2.05, 4.69) is 5.10 Å². The zero-order valence-electron chi connectivity index (χ0n) is 18.3. The maximum Gasteiger partial charge on any atom is 0.419 e. The Labute approximate surface area is 195 Å². The van der Waals surface area contributed by atoms with Gasteiger partial charge < -0.3 is 10.0 Å². The van der Waals surface area contributed by atoms with Crippen molar-refractivity contribution in [1.82, 2.24) is 14.7 Å². The number of carbonyl (C=O) groups is 1. The lowest BCUT2D eigenvalue weighted by atomic mass is 9.98. The highest BCUT2D eigenvalue weighted by atomic mass is 19.4. The van der Waals surface area contributed by atoms with Crippen LogP contribution < -0.4 is 0 Å². The number of carbonyl (C=O) groups excluding carboxylic acids is 1. The van der Waals surface area contributed by atoms with Crippen molar-refractivity contribution in [3.63, 3.8) is 0 Å². The van der Waals surface area contributed by atoms with Crippen molar-refractivity contribution in [3.05, 3.63) is 75.7 Å². The number of alkyl halides is 3. The smallest absolute Gasteiger partial charge is 0.390 e. The topological polar surface area (TPSA) is 58.4 Å². The number of benzene rings is 2. The third-order valence-corrected chi connectivity index (χ3v) is 6.63. The SMILES string of the molecule is CC(=O)N1CCc2c(c(-c3ccc(F)c(C(F)(F)F)c3)nn2C2c3cc(F)cc(F)c3C[C@H]2O)C1. The van der Waals surface area contributed by atoms with E-state index >= 15 is 0 Å². The highest BCUT2D eigenvalue weighted by Crippen LogP contribution is 2.41. The van der Waals surface area contributed by atoms with Crippen LogP contribution in [0, 0.1) is 17.5 Å². The van der Waals surface area contributed by atoms with Gasteiger partial charge in [-0.3, -0.25) is 9.48 Å². The van der Waals surface area contributed by atoms with Gasteiger partial charge in [0, 0.05) is 55.7 Å². The van der Waals surface area contributed by atoms with Crippen molar-refractivity contribution in [3.8, 4) is 11.3 Å². The summed E-state index contributed by atoms with van der Waals surface area (Å²) < 4.78 is 83.9. The van der Waals surface area contributed by atoms with Gasteiger partial charge in [-0.25, -0.2) is 13.2 Å². The van der Waals surface area contributed by atoms with Crippen molar-refractivity contribution in [2.24, 2.45) is 0 Å². The Kier molecular flexibility index (Phi) is 5.42. The second kappa shape index (κ2) is 8.11. The number of amides is 1. The van der Waals surface area contributed by atoms with E-state index in [9.17, 15) is 36.2 Å². The predicted octanol–water partition coefficient (Wildman–Crippen LogP) is 4.40. The third-order valence-electron chi connectivity index (χ3n) is 6.63. The van der Waals surface area contributed by atoms with Crippen molar-refractivity contribution in [2.75, 3.05) is 6.54 Å². The number of aliphatic hydroxyl groups is 1. The summed E-state index contributed by atoms with van der Waals surface area (Å²) in [6.45, 7) is 1.68. The summed E-state index contributed by atoms with van der Waals surface area (Å²) in [4.78, 5) is 13.5. The van der Waals surface area contributed by atoms with Crippen LogP contribution in [0.3, 0.4) is 0 Å². The molecule has 1 aromatic heterocycles. The minimum absolute atomic E-state index is 0.0303. The summed E-state index contributed by atoms with van der Waals surface area (Å²) in [7, 11) is 0. The molecule has 1 aliphatic heterocycles. The van der Waals surface area contributed by atoms with Crippen molar-refractivity contribution in [2.45, 2.75) is 44.6 Å². The molecule has 0 saturated heterocycles. The molecule has 0 fully saturated rings. The van der Waals surface area contributed by atoms with Gasteiger partial charge >= 0.3 is 6.18 Å². The number of hydrogen-bond acceptors (Lipinski definition) is 3. The van der Waals surface area contributed by atoms with E-state index in [1.54, 1.807) is 0 Å². The molecule has 0 radical (unpaired) electrons. The number of aromatic nitrogens is 2. The standard InChI is InChI=1S/C24H19F6N3O2/c1-11(34)32-5-4-20-16(10-32)22(12-2-3-18(26)17(6-12)24(28,29)30)31-33(20)23-15-7-13(25)8-19(27)14(15)9-21(23)35/h2-3,6-8,21,23,35H,4-5,9-10H2,1H3/t21-,23?/m1/s1. The summed E-state index contributed by atoms with van der Waals surface area (Å²) in [5.74, 6) is -3.33. The molecule has 0 bridgehead atoms. The highest BCUT2D eigenvalue weighted by molar-refractivity contribution is 5.75. The van der Waals surface area contributed by atoms with Crippen molar-refractivity contribution in [1.29, 1.82) is 0 Å². The fourth-order valence-electron chi connectivity index (χ4n) is 4.99. The van der Waals surface area contributed by atoms with Crippen LogP contribution in [0.2, 0.25) is 0 Å². The number of hydrogen-bond donors (Lipinski definition) is 1. The number of halogens is 6. The number of rotatable bonds is 2. The molecule has 2 aromatic carbocycles. The summed E-state index contributed by atoms with van der Waals surface area (Å²) in [5.41, 5.74) is -0.132. The van der Waals surface area contributed by atoms with Crippen LogP contribution in [0.5, 0.6) is 0 Å². The van der Waals surface area contributed by atoms with Crippen LogP contribution in [0.1, 0.15) is 40.9 Å². The Morgan fingerprint density at radius 2 is 1.83 bits per heavy atom. The van der Waals surface area contributed by atoms with Gasteiger partial charge in [0.15, 0.2) is 0 Å². The lowest BCUT2D eigenvalue weighted by molar-refractivity contribution is -0.140. The summed E-state index contributed by atoms with van der Waals surface area (Å²) in [6, 6.07) is 3.34. The maximum absolute atomic E-state index is 14.4. The van der Waals surface area contributed by atoms with Crippen LogP contribution >= 0.6 is 0 Å². The normalized spacial score (nSPS) is 19.6. The monoisotopic (exact) mass is 495 g/mol. The first-order chi connectivity index (χ1) is 16.5. The van der Waals surface area contributed by atoms with Crippen LogP contribution in [-0.2, 0) is 30.4 Å². The number of fused-ring (bicyclic) bond motifs is 2. The lowest BCUT2D eigenvalue weighted by Crippen LogP contribution is -2.35. The minimum atomic E-state index is -4.94. The van der Waals surface area contributed by atoms with Gasteiger partial charge in [0.05, 0.1) is 17.4 Å². The van der Waals surface area contributed by atoms with Gasteiger partial charge in [-0.1, -0.05) is 0 Å². The molecule has 1 unspecified atom stereocenters. The van der Waals surface area contributed by atoms with Crippen LogP contribution in [0.25, 0.3) is 11.3 Å². The molecule has 5 nitrogen and oxygen atoms in total. The molecule has 11 heteroatoms. The molecule has 1 amide bonds. The zero-order valence-corrected chi connectivity index (χ0v) is 18.3. The molecule has 5 rings (SSSR count). The van der Waals surface area contributed by atoms with Gasteiger partial charge in [-0.15, -0.1) is 0 Å². The Morgan fingerprint density at radius 1 is 1.09 bits per heavy atom. The number of nitrogens with zero attached hydrogens (tertiary/aromatic N) is 3. The Bertz CT molecular complexity index is 1350. The fourth-order valence-corrected chi connectivity index (χ4v) is 4.99. The van der Waals surface area contributed by atoms with Crippen LogP contribution in [0.4, 0.5) is 26.3 Å². The summed E-state index contributed by atoms with van der Waals surface area (Å²) in [6.07, 6.45) is -5.94. The fraction of sp³-hybridized carbons (Fsp3) is 0.333. The van der Waals surface area contributed by atoms with Gasteiger partial charge in [-0.05, 0) is 35.4 Å². The Hall–Kier alpha value is -3.34. The second-order valence-corrected chi connectivity index (χ2v) is 8.77. The highest BCUT2D eigenvalue weighted by Gasteiger charge is 2.40. The molecular weight excluding hydrogens is 476 g/mol. The number of aliphatic hydroxyl groups excluding tert-OH is 1. The molecule has 35 heavy (non-hydrogen) atoms. The first-order valence-electron chi connectivity index (χ1n) is 10.8. The molecule has 0 spiro atoms. The Balaban J connectivity index is 1.71. The van der Waals surface area contributed by atoms with E-state index < -0.39 is 41.3 Å². The molecule has 2 aliphatic rings. The van der Waals surface area contributed by atoms with Crippen LogP contribution in [-0.4, -0.2) is 38.3 Å². The maximum atomic E-state index is 14.4. The van der Waals surface area contributed by atoms with E-state index in [1.807, 2.05) is 0 Å². The molecule has 2 atom stereocenters. The van der Waals surface area contributed by atoms with E-state index in [0.717, 1.165) is 18.2 Å². The first kappa shape index (κ1) is 23.4. The molecule has 3 aromatic rings. The van der Waals surface area contributed by atoms with E-state index in [0.29, 0.717) is 23.4 Å². The van der Waals surface area contributed by atoms with Gasteiger partial charge in [0.25, 0.3) is 0 Å². The van der Waals surface area contributed by atoms with Gasteiger partial charge in [0.2, 0.25) is 5.91 Å². The van der Waals surface area contributed by atoms with E-state index in [1.165, 1.54) is 16.5 Å². The summed E-state index contributed by atoms with van der Waals surface area (Å²) in [5, 5.41) is 15.3. The molecule has 0 saturated carbocycles. The van der Waals surface area contributed by atoms with E-state index in [-0.39, 0.29) is 54.2 Å². The predicted molar refractivity (Wildman–Crippen MR) is 112 cm³/mol. The summed E-state index contributed by atoms with van der Waals surface area (Å²) >= 11 is 0. The average molecular weight is 495 g/mol. The largest absolute Gasteiger partial charge is 0.419 e. The molecule has 184 valence electrons. The molecular formula is C24H19F6N3O2. The van der Waals surface area contributed by atoms with Crippen molar-refractivity contribution < 1.29 is 36.2 Å². The van der Waals surface area contributed by atoms with Crippen LogP contribution in [0.15, 0.2) is 30.3 Å². The molecule has 1 N–H and O–H groups in total. The van der Waals surface area contributed by atoms with Crippen molar-refractivity contribution >= 4 is 5.91 Å².